The molecule has 1 nitrogen and oxygen atoms in total. The Morgan fingerprint density at radius 2 is 1.85 bits per heavy atom. The van der Waals surface area contributed by atoms with Crippen molar-refractivity contribution in [3.63, 3.8) is 0 Å². The predicted molar refractivity (Wildman–Crippen MR) is 85.8 cm³/mol. The van der Waals surface area contributed by atoms with Gasteiger partial charge in [-0.3, -0.25) is 0 Å². The van der Waals surface area contributed by atoms with Crippen LogP contribution in [-0.4, -0.2) is 7.05 Å². The predicted octanol–water partition coefficient (Wildman–Crippen LogP) is 4.00. The summed E-state index contributed by atoms with van der Waals surface area (Å²) in [5.74, 6) is 1.38. The van der Waals surface area contributed by atoms with E-state index < -0.39 is 0 Å². The molecule has 104 valence electrons. The minimum Gasteiger partial charge on any atom is -0.316 e. The molecule has 2 atom stereocenters. The van der Waals surface area contributed by atoms with Gasteiger partial charge in [-0.25, -0.2) is 0 Å². The van der Waals surface area contributed by atoms with Crippen LogP contribution < -0.4 is 5.32 Å². The van der Waals surface area contributed by atoms with Gasteiger partial charge in [0, 0.05) is 12.5 Å². The van der Waals surface area contributed by atoms with Gasteiger partial charge in [-0.05, 0) is 53.6 Å². The Morgan fingerprint density at radius 3 is 2.70 bits per heavy atom. The van der Waals surface area contributed by atoms with Gasteiger partial charge in [0.25, 0.3) is 0 Å². The summed E-state index contributed by atoms with van der Waals surface area (Å²) in [7, 11) is 2.04. The average Bonchev–Trinajstić information content (AvgIpc) is 2.75. The van der Waals surface area contributed by atoms with Crippen LogP contribution in [0, 0.1) is 0 Å². The second-order valence-electron chi connectivity index (χ2n) is 5.84. The summed E-state index contributed by atoms with van der Waals surface area (Å²) in [5, 5.41) is 3.31. The number of nitrogens with one attached hydrogen (secondary N) is 1. The molecule has 0 spiro atoms. The molecular weight excluding hydrogens is 266 g/mol. The molecule has 2 aliphatic rings. The first-order valence-electron chi connectivity index (χ1n) is 7.22. The maximum Gasteiger partial charge on any atom is 0.0205 e. The maximum absolute atomic E-state index is 3.31. The van der Waals surface area contributed by atoms with E-state index in [4.69, 9.17) is 0 Å². The number of halogens is 1. The third-order valence-electron chi connectivity index (χ3n) is 4.80. The molecule has 2 aromatic rings. The van der Waals surface area contributed by atoms with E-state index in [0.717, 1.165) is 12.5 Å². The Labute approximate surface area is 126 Å². The van der Waals surface area contributed by atoms with Crippen molar-refractivity contribution in [3.8, 4) is 0 Å². The molecule has 0 aliphatic heterocycles. The monoisotopic (exact) mass is 285 g/mol. The molecule has 2 aliphatic carbocycles. The zero-order chi connectivity index (χ0) is 12.8. The van der Waals surface area contributed by atoms with Crippen LogP contribution >= 0.6 is 12.4 Å². The Kier molecular flexibility index (Phi) is 3.57. The van der Waals surface area contributed by atoms with Crippen molar-refractivity contribution in [2.45, 2.75) is 31.2 Å². The van der Waals surface area contributed by atoms with Crippen LogP contribution in [0.15, 0.2) is 42.5 Å². The van der Waals surface area contributed by atoms with Gasteiger partial charge in [-0.15, -0.1) is 12.4 Å². The van der Waals surface area contributed by atoms with E-state index in [1.807, 2.05) is 7.05 Å². The lowest BCUT2D eigenvalue weighted by Crippen LogP contribution is -2.11. The molecular formula is C18H20ClN. The molecule has 0 fully saturated rings. The molecule has 2 unspecified atom stereocenters. The molecule has 2 aromatic carbocycles. The van der Waals surface area contributed by atoms with Crippen LogP contribution in [0.1, 0.15) is 46.1 Å². The largest absolute Gasteiger partial charge is 0.316 e. The van der Waals surface area contributed by atoms with Gasteiger partial charge in [0.05, 0.1) is 0 Å². The zero-order valence-electron chi connectivity index (χ0n) is 11.7. The van der Waals surface area contributed by atoms with E-state index in [0.29, 0.717) is 5.92 Å². The molecule has 1 N–H and O–H groups in total. The van der Waals surface area contributed by atoms with E-state index in [2.05, 4.69) is 47.8 Å². The lowest BCUT2D eigenvalue weighted by Gasteiger charge is -2.23. The van der Waals surface area contributed by atoms with Gasteiger partial charge in [-0.1, -0.05) is 42.5 Å². The van der Waals surface area contributed by atoms with E-state index in [1.165, 1.54) is 18.4 Å². The number of rotatable bonds is 2. The van der Waals surface area contributed by atoms with Crippen LogP contribution in [0.3, 0.4) is 0 Å². The topological polar surface area (TPSA) is 12.0 Å². The fraction of sp³-hybridized carbons (Fsp3) is 0.333. The van der Waals surface area contributed by atoms with Crippen LogP contribution in [-0.2, 0) is 13.0 Å². The van der Waals surface area contributed by atoms with Crippen LogP contribution in [0.5, 0.6) is 0 Å². The first-order valence-corrected chi connectivity index (χ1v) is 7.22. The average molecular weight is 286 g/mol. The molecule has 0 aromatic heterocycles. The van der Waals surface area contributed by atoms with Gasteiger partial charge in [0.15, 0.2) is 0 Å². The van der Waals surface area contributed by atoms with Gasteiger partial charge >= 0.3 is 0 Å². The van der Waals surface area contributed by atoms with E-state index in [-0.39, 0.29) is 12.4 Å². The van der Waals surface area contributed by atoms with Crippen LogP contribution in [0.4, 0.5) is 0 Å². The Hall–Kier alpha value is -1.31. The van der Waals surface area contributed by atoms with Gasteiger partial charge in [-0.2, -0.15) is 0 Å². The smallest absolute Gasteiger partial charge is 0.0205 e. The molecule has 4 rings (SSSR count). The maximum atomic E-state index is 3.31. The fourth-order valence-corrected chi connectivity index (χ4v) is 4.11. The van der Waals surface area contributed by atoms with Crippen molar-refractivity contribution in [2.24, 2.45) is 0 Å². The first-order chi connectivity index (χ1) is 9.38. The Morgan fingerprint density at radius 1 is 1.05 bits per heavy atom. The molecule has 0 saturated carbocycles. The van der Waals surface area contributed by atoms with E-state index in [9.17, 15) is 0 Å². The molecule has 2 bridgehead atoms. The van der Waals surface area contributed by atoms with Crippen LogP contribution in [0.25, 0.3) is 0 Å². The summed E-state index contributed by atoms with van der Waals surface area (Å²) in [6.45, 7) is 0.989. The van der Waals surface area contributed by atoms with Gasteiger partial charge < -0.3 is 5.32 Å². The van der Waals surface area contributed by atoms with Crippen LogP contribution in [0.2, 0.25) is 0 Å². The molecule has 0 radical (unpaired) electrons. The number of hydrogen-bond donors (Lipinski definition) is 1. The minimum atomic E-state index is 0. The lowest BCUT2D eigenvalue weighted by molar-refractivity contribution is 0.589. The van der Waals surface area contributed by atoms with Crippen molar-refractivity contribution in [2.75, 3.05) is 7.05 Å². The third-order valence-corrected chi connectivity index (χ3v) is 4.80. The minimum absolute atomic E-state index is 0. The van der Waals surface area contributed by atoms with E-state index in [1.54, 1.807) is 22.3 Å². The SMILES string of the molecule is CNCc1cccc2c1C1Cc3ccccc3C2C1.Cl. The second-order valence-corrected chi connectivity index (χ2v) is 5.84. The standard InChI is InChI=1S/C18H19N.ClH/c1-19-11-13-6-4-8-16-17-10-14(18(13)16)9-12-5-2-3-7-15(12)17;/h2-8,14,17,19H,9-11H2,1H3;1H. The highest BCUT2D eigenvalue weighted by atomic mass is 35.5. The van der Waals surface area contributed by atoms with Gasteiger partial charge in [0.1, 0.15) is 0 Å². The highest BCUT2D eigenvalue weighted by Gasteiger charge is 2.38. The Bertz CT molecular complexity index is 635. The number of hydrogen-bond acceptors (Lipinski definition) is 1. The fourth-order valence-electron chi connectivity index (χ4n) is 4.11. The van der Waals surface area contributed by atoms with Crippen molar-refractivity contribution < 1.29 is 0 Å². The summed E-state index contributed by atoms with van der Waals surface area (Å²) in [4.78, 5) is 0. The quantitative estimate of drug-likeness (QED) is 0.879. The molecule has 0 heterocycles. The summed E-state index contributed by atoms with van der Waals surface area (Å²) in [5.41, 5.74) is 7.86. The first kappa shape index (κ1) is 13.7. The zero-order valence-corrected chi connectivity index (χ0v) is 12.5. The molecule has 0 amide bonds. The summed E-state index contributed by atoms with van der Waals surface area (Å²) in [6.07, 6.45) is 2.54. The lowest BCUT2D eigenvalue weighted by atomic mass is 9.81. The molecule has 0 saturated heterocycles. The number of fused-ring (bicyclic) bond motifs is 7. The highest BCUT2D eigenvalue weighted by Crippen LogP contribution is 2.52. The second kappa shape index (κ2) is 5.23. The van der Waals surface area contributed by atoms with Gasteiger partial charge in [0.2, 0.25) is 0 Å². The Balaban J connectivity index is 0.00000121. The summed E-state index contributed by atoms with van der Waals surface area (Å²) >= 11 is 0. The molecule has 20 heavy (non-hydrogen) atoms. The van der Waals surface area contributed by atoms with Crippen molar-refractivity contribution in [1.82, 2.24) is 5.32 Å². The molecule has 2 heteroatoms. The number of benzene rings is 2. The summed E-state index contributed by atoms with van der Waals surface area (Å²) < 4.78 is 0. The third kappa shape index (κ3) is 1.88. The normalized spacial score (nSPS) is 21.9. The van der Waals surface area contributed by atoms with Crippen molar-refractivity contribution in [3.05, 3.63) is 70.3 Å². The van der Waals surface area contributed by atoms with Crippen molar-refractivity contribution in [1.29, 1.82) is 0 Å². The highest BCUT2D eigenvalue weighted by molar-refractivity contribution is 5.85. The van der Waals surface area contributed by atoms with Crippen molar-refractivity contribution >= 4 is 12.4 Å². The summed E-state index contributed by atoms with van der Waals surface area (Å²) in [6, 6.07) is 15.9. The van der Waals surface area contributed by atoms with E-state index >= 15 is 0 Å².